The van der Waals surface area contributed by atoms with Crippen LogP contribution >= 0.6 is 11.6 Å². The molecule has 0 spiro atoms. The van der Waals surface area contributed by atoms with Crippen LogP contribution in [0.15, 0.2) is 30.3 Å². The van der Waals surface area contributed by atoms with Crippen LogP contribution in [0.1, 0.15) is 12.0 Å². The number of hydrogen-bond donors (Lipinski definition) is 0. The maximum absolute atomic E-state index is 12.5. The summed E-state index contributed by atoms with van der Waals surface area (Å²) in [6.45, 7) is 0.249. The maximum atomic E-state index is 12.5. The van der Waals surface area contributed by atoms with Crippen molar-refractivity contribution in [2.45, 2.75) is 12.6 Å². The molecule has 4 nitrogen and oxygen atoms in total. The van der Waals surface area contributed by atoms with E-state index in [0.29, 0.717) is 18.0 Å². The molecular formula is C16H16ClF3N2O2. The van der Waals surface area contributed by atoms with E-state index in [1.165, 1.54) is 11.0 Å². The van der Waals surface area contributed by atoms with E-state index in [-0.39, 0.29) is 25.5 Å². The molecule has 1 heterocycles. The van der Waals surface area contributed by atoms with Crippen molar-refractivity contribution in [2.75, 3.05) is 26.2 Å². The Morgan fingerprint density at radius 2 is 1.58 bits per heavy atom. The van der Waals surface area contributed by atoms with Gasteiger partial charge in [0.1, 0.15) is 0 Å². The lowest BCUT2D eigenvalue weighted by molar-refractivity contribution is -0.185. The number of rotatable bonds is 2. The van der Waals surface area contributed by atoms with Crippen molar-refractivity contribution in [2.24, 2.45) is 0 Å². The van der Waals surface area contributed by atoms with Gasteiger partial charge in [-0.2, -0.15) is 13.2 Å². The zero-order valence-electron chi connectivity index (χ0n) is 12.7. The van der Waals surface area contributed by atoms with Gasteiger partial charge >= 0.3 is 12.1 Å². The number of carbonyl (C=O) groups is 2. The summed E-state index contributed by atoms with van der Waals surface area (Å²) < 4.78 is 37.4. The molecule has 0 bridgehead atoms. The third-order valence-electron chi connectivity index (χ3n) is 3.63. The monoisotopic (exact) mass is 360 g/mol. The summed E-state index contributed by atoms with van der Waals surface area (Å²) in [7, 11) is 0. The fraction of sp³-hybridized carbons (Fsp3) is 0.375. The van der Waals surface area contributed by atoms with Crippen molar-refractivity contribution < 1.29 is 22.8 Å². The molecule has 0 radical (unpaired) electrons. The first-order valence-corrected chi connectivity index (χ1v) is 7.74. The minimum absolute atomic E-state index is 0.0109. The first-order valence-electron chi connectivity index (χ1n) is 7.36. The Hall–Kier alpha value is -2.02. The van der Waals surface area contributed by atoms with Crippen LogP contribution in [0.3, 0.4) is 0 Å². The van der Waals surface area contributed by atoms with Crippen molar-refractivity contribution >= 4 is 29.5 Å². The van der Waals surface area contributed by atoms with Gasteiger partial charge in [-0.05, 0) is 30.2 Å². The maximum Gasteiger partial charge on any atom is 0.471 e. The molecule has 8 heteroatoms. The standard InChI is InChI=1S/C16H16ClF3N2O2/c17-13-5-2-12(3-6-13)4-7-14(23)21-8-1-9-22(11-10-21)15(24)16(18,19)20/h2-7H,1,8-11H2/b7-4+. The molecule has 0 atom stereocenters. The zero-order valence-corrected chi connectivity index (χ0v) is 13.5. The lowest BCUT2D eigenvalue weighted by atomic mass is 10.2. The summed E-state index contributed by atoms with van der Waals surface area (Å²) in [5.41, 5.74) is 0.788. The quantitative estimate of drug-likeness (QED) is 0.761. The predicted molar refractivity (Wildman–Crippen MR) is 84.3 cm³/mol. The van der Waals surface area contributed by atoms with Crippen molar-refractivity contribution in [1.29, 1.82) is 0 Å². The van der Waals surface area contributed by atoms with E-state index in [2.05, 4.69) is 0 Å². The number of carbonyl (C=O) groups excluding carboxylic acids is 2. The number of nitrogens with zero attached hydrogens (tertiary/aromatic N) is 2. The predicted octanol–water partition coefficient (Wildman–Crippen LogP) is 2.98. The first-order chi connectivity index (χ1) is 11.3. The first kappa shape index (κ1) is 18.3. The molecular weight excluding hydrogens is 345 g/mol. The van der Waals surface area contributed by atoms with E-state index < -0.39 is 12.1 Å². The Bertz CT molecular complexity index is 629. The summed E-state index contributed by atoms with van der Waals surface area (Å²) in [4.78, 5) is 25.6. The van der Waals surface area contributed by atoms with E-state index in [0.717, 1.165) is 10.5 Å². The van der Waals surface area contributed by atoms with Crippen LogP contribution in [0.5, 0.6) is 0 Å². The Kier molecular flexibility index (Phi) is 5.88. The van der Waals surface area contributed by atoms with Crippen molar-refractivity contribution in [3.05, 3.63) is 40.9 Å². The summed E-state index contributed by atoms with van der Waals surface area (Å²) in [6.07, 6.45) is -1.59. The van der Waals surface area contributed by atoms with Gasteiger partial charge in [-0.25, -0.2) is 0 Å². The third kappa shape index (κ3) is 4.99. The molecule has 1 aliphatic rings. The summed E-state index contributed by atoms with van der Waals surface area (Å²) in [5.74, 6) is -2.15. The molecule has 1 saturated heterocycles. The topological polar surface area (TPSA) is 40.6 Å². The van der Waals surface area contributed by atoms with Gasteiger partial charge in [0, 0.05) is 37.3 Å². The number of amides is 2. The fourth-order valence-corrected chi connectivity index (χ4v) is 2.49. The van der Waals surface area contributed by atoms with Gasteiger partial charge in [-0.15, -0.1) is 0 Å². The number of halogens is 4. The molecule has 1 fully saturated rings. The van der Waals surface area contributed by atoms with Gasteiger partial charge in [0.05, 0.1) is 0 Å². The van der Waals surface area contributed by atoms with Crippen LogP contribution < -0.4 is 0 Å². The second kappa shape index (κ2) is 7.70. The van der Waals surface area contributed by atoms with Gasteiger partial charge < -0.3 is 9.80 Å². The molecule has 2 amide bonds. The average molecular weight is 361 g/mol. The SMILES string of the molecule is O=C(/C=C/c1ccc(Cl)cc1)N1CCCN(C(=O)C(F)(F)F)CC1. The normalized spacial score (nSPS) is 16.3. The van der Waals surface area contributed by atoms with Crippen LogP contribution in [0.2, 0.25) is 5.02 Å². The molecule has 2 rings (SSSR count). The number of hydrogen-bond acceptors (Lipinski definition) is 2. The molecule has 24 heavy (non-hydrogen) atoms. The van der Waals surface area contributed by atoms with Crippen LogP contribution in [-0.4, -0.2) is 54.0 Å². The Balaban J connectivity index is 1.94. The molecule has 0 N–H and O–H groups in total. The third-order valence-corrected chi connectivity index (χ3v) is 3.88. The molecule has 1 aliphatic heterocycles. The average Bonchev–Trinajstić information content (AvgIpc) is 2.78. The van der Waals surface area contributed by atoms with Gasteiger partial charge in [0.25, 0.3) is 0 Å². The minimum Gasteiger partial charge on any atom is -0.337 e. The molecule has 0 aliphatic carbocycles. The molecule has 0 aromatic heterocycles. The van der Waals surface area contributed by atoms with Crippen LogP contribution in [0, 0.1) is 0 Å². The fourth-order valence-electron chi connectivity index (χ4n) is 2.37. The van der Waals surface area contributed by atoms with Crippen molar-refractivity contribution in [3.63, 3.8) is 0 Å². The van der Waals surface area contributed by atoms with Crippen LogP contribution in [-0.2, 0) is 9.59 Å². The van der Waals surface area contributed by atoms with Gasteiger partial charge in [-0.3, -0.25) is 9.59 Å². The lowest BCUT2D eigenvalue weighted by Crippen LogP contribution is -2.43. The highest BCUT2D eigenvalue weighted by Gasteiger charge is 2.42. The summed E-state index contributed by atoms with van der Waals surface area (Å²) >= 11 is 5.77. The summed E-state index contributed by atoms with van der Waals surface area (Å²) in [6, 6.07) is 6.88. The van der Waals surface area contributed by atoms with Crippen LogP contribution in [0.4, 0.5) is 13.2 Å². The number of benzene rings is 1. The highest BCUT2D eigenvalue weighted by molar-refractivity contribution is 6.30. The van der Waals surface area contributed by atoms with Gasteiger partial charge in [-0.1, -0.05) is 23.7 Å². The smallest absolute Gasteiger partial charge is 0.337 e. The zero-order chi connectivity index (χ0) is 17.7. The molecule has 130 valence electrons. The molecule has 1 aromatic rings. The van der Waals surface area contributed by atoms with E-state index in [1.54, 1.807) is 30.3 Å². The largest absolute Gasteiger partial charge is 0.471 e. The second-order valence-corrected chi connectivity index (χ2v) is 5.79. The lowest BCUT2D eigenvalue weighted by Gasteiger charge is -2.22. The summed E-state index contributed by atoms with van der Waals surface area (Å²) in [5, 5.41) is 0.584. The Morgan fingerprint density at radius 3 is 2.21 bits per heavy atom. The van der Waals surface area contributed by atoms with E-state index in [9.17, 15) is 22.8 Å². The van der Waals surface area contributed by atoms with E-state index in [1.807, 2.05) is 0 Å². The molecule has 1 aromatic carbocycles. The highest BCUT2D eigenvalue weighted by Crippen LogP contribution is 2.19. The molecule has 0 saturated carbocycles. The second-order valence-electron chi connectivity index (χ2n) is 5.35. The van der Waals surface area contributed by atoms with Crippen molar-refractivity contribution in [3.8, 4) is 0 Å². The van der Waals surface area contributed by atoms with E-state index in [4.69, 9.17) is 11.6 Å². The van der Waals surface area contributed by atoms with Gasteiger partial charge in [0.2, 0.25) is 5.91 Å². The van der Waals surface area contributed by atoms with Crippen molar-refractivity contribution in [1.82, 2.24) is 9.80 Å². The van der Waals surface area contributed by atoms with Crippen LogP contribution in [0.25, 0.3) is 6.08 Å². The van der Waals surface area contributed by atoms with E-state index >= 15 is 0 Å². The highest BCUT2D eigenvalue weighted by atomic mass is 35.5. The van der Waals surface area contributed by atoms with Gasteiger partial charge in [0.15, 0.2) is 0 Å². The Morgan fingerprint density at radius 1 is 1.00 bits per heavy atom. The Labute approximate surface area is 142 Å². The molecule has 0 unspecified atom stereocenters. The minimum atomic E-state index is -4.88. The number of alkyl halides is 3.